The molecule has 0 bridgehead atoms. The Hall–Kier alpha value is -3.26. The van der Waals surface area contributed by atoms with Gasteiger partial charge in [-0.05, 0) is 39.0 Å². The van der Waals surface area contributed by atoms with E-state index < -0.39 is 15.4 Å². The number of rotatable bonds is 8. The number of nitrogens with zero attached hydrogens (tertiary/aromatic N) is 6. The first-order chi connectivity index (χ1) is 15.4. The Labute approximate surface area is 195 Å². The number of hydrogen-bond acceptors (Lipinski definition) is 8. The largest absolute Gasteiger partial charge is 0.372 e. The summed E-state index contributed by atoms with van der Waals surface area (Å²) in [6, 6.07) is 7.35. The van der Waals surface area contributed by atoms with Gasteiger partial charge in [0.05, 0.1) is 17.1 Å². The highest BCUT2D eigenvalue weighted by molar-refractivity contribution is 7.89. The molecule has 1 N–H and O–H groups in total. The van der Waals surface area contributed by atoms with Gasteiger partial charge in [0.2, 0.25) is 11.7 Å². The zero-order valence-corrected chi connectivity index (χ0v) is 21.0. The van der Waals surface area contributed by atoms with Crippen molar-refractivity contribution in [1.82, 2.24) is 9.19 Å². The van der Waals surface area contributed by atoms with Crippen LogP contribution in [-0.2, 0) is 20.2 Å². The molecule has 2 rings (SSSR count). The van der Waals surface area contributed by atoms with E-state index in [1.165, 1.54) is 13.8 Å². The molecular weight excluding hydrogens is 442 g/mol. The van der Waals surface area contributed by atoms with Crippen LogP contribution in [0.2, 0.25) is 0 Å². The number of anilines is 2. The Balaban J connectivity index is 2.71. The number of hydrogen-bond donors (Lipinski definition) is 1. The summed E-state index contributed by atoms with van der Waals surface area (Å²) < 4.78 is 26.1. The third-order valence-electron chi connectivity index (χ3n) is 4.95. The van der Waals surface area contributed by atoms with Gasteiger partial charge in [0.1, 0.15) is 17.3 Å². The molecule has 1 amide bonds. The van der Waals surface area contributed by atoms with Gasteiger partial charge in [-0.25, -0.2) is 8.42 Å². The van der Waals surface area contributed by atoms with Gasteiger partial charge in [-0.1, -0.05) is 20.8 Å². The average Bonchev–Trinajstić information content (AvgIpc) is 3.13. The quantitative estimate of drug-likeness (QED) is 0.562. The summed E-state index contributed by atoms with van der Waals surface area (Å²) >= 11 is 0. The lowest BCUT2D eigenvalue weighted by Crippen LogP contribution is -2.21. The molecule has 0 saturated heterocycles. The first-order valence-corrected chi connectivity index (χ1v) is 12.4. The maximum atomic E-state index is 12.7. The number of carbonyl (C=O) groups is 1. The predicted octanol–water partition coefficient (Wildman–Crippen LogP) is 4.47. The Morgan fingerprint density at radius 2 is 1.85 bits per heavy atom. The highest BCUT2D eigenvalue weighted by atomic mass is 32.2. The standard InChI is InChI=1S/C22H31N7O3S/c1-8-28(9-2)16-11-12-18(19(13-16)24-15(4)30)25-26-21-17(14-23)20(22(5,6)7)27-29(21)33(31,32)10-3/h11-13H,8-10H2,1-7H3,(H,24,30). The van der Waals surface area contributed by atoms with Gasteiger partial charge < -0.3 is 10.2 Å². The molecular formula is C22H31N7O3S. The molecule has 1 aromatic heterocycles. The topological polar surface area (TPSA) is 133 Å². The molecule has 0 unspecified atom stereocenters. The maximum Gasteiger partial charge on any atom is 0.255 e. The smallest absolute Gasteiger partial charge is 0.255 e. The van der Waals surface area contributed by atoms with E-state index in [2.05, 4.69) is 25.5 Å². The van der Waals surface area contributed by atoms with Crippen LogP contribution in [0.1, 0.15) is 59.7 Å². The fourth-order valence-corrected chi connectivity index (χ4v) is 4.05. The summed E-state index contributed by atoms with van der Waals surface area (Å²) in [6.07, 6.45) is 0. The zero-order valence-electron chi connectivity index (χ0n) is 20.2. The summed E-state index contributed by atoms with van der Waals surface area (Å²) in [7, 11) is -3.83. The second-order valence-electron chi connectivity index (χ2n) is 8.41. The number of nitrogens with one attached hydrogen (secondary N) is 1. The molecule has 11 heteroatoms. The summed E-state index contributed by atoms with van der Waals surface area (Å²) in [5, 5.41) is 25.1. The molecule has 0 aliphatic heterocycles. The molecule has 0 aliphatic carbocycles. The van der Waals surface area contributed by atoms with Gasteiger partial charge >= 0.3 is 0 Å². The maximum absolute atomic E-state index is 12.7. The summed E-state index contributed by atoms with van der Waals surface area (Å²) in [5.74, 6) is -0.665. The molecule has 10 nitrogen and oxygen atoms in total. The molecule has 178 valence electrons. The SMILES string of the molecule is CCN(CC)c1ccc(N=Nc2c(C#N)c(C(C)(C)C)nn2S(=O)(=O)CC)c(NC(C)=O)c1. The minimum absolute atomic E-state index is 0.0455. The van der Waals surface area contributed by atoms with E-state index in [1.54, 1.807) is 12.1 Å². The predicted molar refractivity (Wildman–Crippen MR) is 129 cm³/mol. The van der Waals surface area contributed by atoms with Crippen LogP contribution >= 0.6 is 0 Å². The van der Waals surface area contributed by atoms with E-state index in [1.807, 2.05) is 46.8 Å². The van der Waals surface area contributed by atoms with E-state index in [-0.39, 0.29) is 23.0 Å². The van der Waals surface area contributed by atoms with Crippen molar-refractivity contribution in [2.24, 2.45) is 10.2 Å². The molecule has 2 aromatic rings. The summed E-state index contributed by atoms with van der Waals surface area (Å²) in [5.41, 5.74) is 1.42. The summed E-state index contributed by atoms with van der Waals surface area (Å²) in [6.45, 7) is 14.0. The van der Waals surface area contributed by atoms with Crippen LogP contribution in [0.3, 0.4) is 0 Å². The molecule has 1 aromatic carbocycles. The Kier molecular flexibility index (Phi) is 7.97. The molecule has 0 saturated carbocycles. The molecule has 0 fully saturated rings. The second kappa shape index (κ2) is 10.1. The van der Waals surface area contributed by atoms with Crippen molar-refractivity contribution in [2.45, 2.75) is 53.9 Å². The number of aromatic nitrogens is 2. The number of carbonyl (C=O) groups excluding carboxylic acids is 1. The highest BCUT2D eigenvalue weighted by Crippen LogP contribution is 2.35. The van der Waals surface area contributed by atoms with Crippen molar-refractivity contribution in [3.63, 3.8) is 0 Å². The molecule has 0 spiro atoms. The third kappa shape index (κ3) is 5.76. The van der Waals surface area contributed by atoms with Crippen LogP contribution in [-0.4, -0.2) is 42.4 Å². The van der Waals surface area contributed by atoms with Crippen molar-refractivity contribution < 1.29 is 13.2 Å². The van der Waals surface area contributed by atoms with Gasteiger partial charge in [0.25, 0.3) is 10.0 Å². The minimum Gasteiger partial charge on any atom is -0.372 e. The van der Waals surface area contributed by atoms with Gasteiger partial charge in [0.15, 0.2) is 0 Å². The van der Waals surface area contributed by atoms with Crippen LogP contribution < -0.4 is 10.2 Å². The van der Waals surface area contributed by atoms with Crippen molar-refractivity contribution in [2.75, 3.05) is 29.1 Å². The van der Waals surface area contributed by atoms with E-state index in [4.69, 9.17) is 0 Å². The van der Waals surface area contributed by atoms with E-state index >= 15 is 0 Å². The minimum atomic E-state index is -3.83. The van der Waals surface area contributed by atoms with Gasteiger partial charge in [-0.15, -0.1) is 14.3 Å². The lowest BCUT2D eigenvalue weighted by atomic mass is 9.90. The molecule has 0 aliphatic rings. The number of amides is 1. The fraction of sp³-hybridized carbons (Fsp3) is 0.500. The Morgan fingerprint density at radius 1 is 1.21 bits per heavy atom. The first kappa shape index (κ1) is 26.0. The Bertz CT molecular complexity index is 1200. The van der Waals surface area contributed by atoms with Gasteiger partial charge in [-0.2, -0.15) is 10.4 Å². The fourth-order valence-electron chi connectivity index (χ4n) is 3.21. The van der Waals surface area contributed by atoms with Crippen molar-refractivity contribution in [3.05, 3.63) is 29.5 Å². The Morgan fingerprint density at radius 3 is 2.33 bits per heavy atom. The van der Waals surface area contributed by atoms with Crippen LogP contribution in [0.4, 0.5) is 22.9 Å². The van der Waals surface area contributed by atoms with Crippen LogP contribution in [0, 0.1) is 11.3 Å². The lowest BCUT2D eigenvalue weighted by molar-refractivity contribution is -0.114. The van der Waals surface area contributed by atoms with Gasteiger partial charge in [-0.3, -0.25) is 4.79 Å². The monoisotopic (exact) mass is 473 g/mol. The lowest BCUT2D eigenvalue weighted by Gasteiger charge is -2.22. The molecule has 33 heavy (non-hydrogen) atoms. The number of nitriles is 1. The number of azo groups is 1. The first-order valence-electron chi connectivity index (χ1n) is 10.7. The van der Waals surface area contributed by atoms with E-state index in [0.29, 0.717) is 17.1 Å². The normalized spacial score (nSPS) is 12.1. The van der Waals surface area contributed by atoms with E-state index in [0.717, 1.165) is 22.9 Å². The van der Waals surface area contributed by atoms with Crippen molar-refractivity contribution in [3.8, 4) is 6.07 Å². The van der Waals surface area contributed by atoms with E-state index in [9.17, 15) is 18.5 Å². The number of benzene rings is 1. The molecule has 0 radical (unpaired) electrons. The summed E-state index contributed by atoms with van der Waals surface area (Å²) in [4.78, 5) is 13.9. The average molecular weight is 474 g/mol. The second-order valence-corrected chi connectivity index (χ2v) is 10.5. The van der Waals surface area contributed by atoms with Gasteiger partial charge in [0, 0.05) is 31.1 Å². The van der Waals surface area contributed by atoms with Crippen LogP contribution in [0.5, 0.6) is 0 Å². The third-order valence-corrected chi connectivity index (χ3v) is 6.47. The molecule has 0 atom stereocenters. The van der Waals surface area contributed by atoms with Crippen LogP contribution in [0.25, 0.3) is 0 Å². The van der Waals surface area contributed by atoms with Crippen molar-refractivity contribution in [1.29, 1.82) is 5.26 Å². The highest BCUT2D eigenvalue weighted by Gasteiger charge is 2.31. The van der Waals surface area contributed by atoms with Crippen molar-refractivity contribution >= 4 is 38.8 Å². The van der Waals surface area contributed by atoms with Crippen LogP contribution in [0.15, 0.2) is 28.4 Å². The molecule has 1 heterocycles. The zero-order chi connectivity index (χ0) is 25.0.